The van der Waals surface area contributed by atoms with E-state index in [1.165, 1.54) is 6.92 Å². The molecular formula is C15H18N4O2. The average Bonchev–Trinajstić information content (AvgIpc) is 2.98. The lowest BCUT2D eigenvalue weighted by molar-refractivity contribution is -0.127. The first-order chi connectivity index (χ1) is 10.1. The van der Waals surface area contributed by atoms with Crippen LogP contribution in [0, 0.1) is 0 Å². The molecule has 2 N–H and O–H groups in total. The molecule has 0 saturated heterocycles. The molecule has 2 amide bonds. The van der Waals surface area contributed by atoms with Crippen LogP contribution in [0.25, 0.3) is 5.69 Å². The topological polar surface area (TPSA) is 76.0 Å². The standard InChI is InChI=1S/C15H18N4O2/c1-11(18-12(2)20)15(21)17-9-13-3-5-14(6-4-13)19-8-7-16-10-19/h3-8,10-11H,9H2,1-2H3,(H,17,21)(H,18,20). The molecule has 1 atom stereocenters. The molecule has 1 aromatic carbocycles. The molecule has 0 fully saturated rings. The third-order valence-corrected chi connectivity index (χ3v) is 3.02. The largest absolute Gasteiger partial charge is 0.350 e. The van der Waals surface area contributed by atoms with Gasteiger partial charge in [-0.15, -0.1) is 0 Å². The normalized spacial score (nSPS) is 11.7. The molecule has 0 aliphatic heterocycles. The number of imidazole rings is 1. The predicted molar refractivity (Wildman–Crippen MR) is 78.7 cm³/mol. The van der Waals surface area contributed by atoms with Gasteiger partial charge in [0, 0.05) is 31.5 Å². The molecule has 0 spiro atoms. The highest BCUT2D eigenvalue weighted by molar-refractivity contribution is 5.86. The summed E-state index contributed by atoms with van der Waals surface area (Å²) in [4.78, 5) is 26.6. The highest BCUT2D eigenvalue weighted by Crippen LogP contribution is 2.09. The van der Waals surface area contributed by atoms with Gasteiger partial charge in [-0.05, 0) is 24.6 Å². The molecule has 6 heteroatoms. The number of hydrogen-bond acceptors (Lipinski definition) is 3. The van der Waals surface area contributed by atoms with Crippen LogP contribution in [0.1, 0.15) is 19.4 Å². The van der Waals surface area contributed by atoms with E-state index in [2.05, 4.69) is 15.6 Å². The molecule has 2 rings (SSSR count). The smallest absolute Gasteiger partial charge is 0.242 e. The number of benzene rings is 1. The average molecular weight is 286 g/mol. The quantitative estimate of drug-likeness (QED) is 0.861. The fourth-order valence-electron chi connectivity index (χ4n) is 1.91. The lowest BCUT2D eigenvalue weighted by Gasteiger charge is -2.13. The molecule has 1 heterocycles. The van der Waals surface area contributed by atoms with Crippen LogP contribution < -0.4 is 10.6 Å². The number of carbonyl (C=O) groups is 2. The summed E-state index contributed by atoms with van der Waals surface area (Å²) in [5.74, 6) is -0.425. The monoisotopic (exact) mass is 286 g/mol. The zero-order valence-corrected chi connectivity index (χ0v) is 12.0. The van der Waals surface area contributed by atoms with E-state index in [4.69, 9.17) is 0 Å². The minimum atomic E-state index is -0.535. The summed E-state index contributed by atoms with van der Waals surface area (Å²) in [7, 11) is 0. The number of rotatable bonds is 5. The van der Waals surface area contributed by atoms with Gasteiger partial charge in [-0.1, -0.05) is 12.1 Å². The number of carbonyl (C=O) groups excluding carboxylic acids is 2. The van der Waals surface area contributed by atoms with Crippen molar-refractivity contribution in [2.75, 3.05) is 0 Å². The Balaban J connectivity index is 1.89. The summed E-state index contributed by atoms with van der Waals surface area (Å²) < 4.78 is 1.90. The highest BCUT2D eigenvalue weighted by Gasteiger charge is 2.12. The molecule has 2 aromatic rings. The van der Waals surface area contributed by atoms with Crippen LogP contribution in [0.3, 0.4) is 0 Å². The fourth-order valence-corrected chi connectivity index (χ4v) is 1.91. The molecule has 6 nitrogen and oxygen atoms in total. The van der Waals surface area contributed by atoms with Crippen LogP contribution in [0.4, 0.5) is 0 Å². The minimum Gasteiger partial charge on any atom is -0.350 e. The third kappa shape index (κ3) is 4.17. The zero-order valence-electron chi connectivity index (χ0n) is 12.0. The van der Waals surface area contributed by atoms with Crippen molar-refractivity contribution < 1.29 is 9.59 Å². The summed E-state index contributed by atoms with van der Waals surface area (Å²) >= 11 is 0. The summed E-state index contributed by atoms with van der Waals surface area (Å²) in [5, 5.41) is 5.33. The Morgan fingerprint density at radius 3 is 2.57 bits per heavy atom. The molecule has 0 aliphatic rings. The van der Waals surface area contributed by atoms with E-state index < -0.39 is 6.04 Å². The van der Waals surface area contributed by atoms with E-state index >= 15 is 0 Å². The second-order valence-electron chi connectivity index (χ2n) is 4.78. The first-order valence-corrected chi connectivity index (χ1v) is 6.68. The lowest BCUT2D eigenvalue weighted by atomic mass is 10.2. The fraction of sp³-hybridized carbons (Fsp3) is 0.267. The summed E-state index contributed by atoms with van der Waals surface area (Å²) in [6.07, 6.45) is 5.31. The van der Waals surface area contributed by atoms with Crippen molar-refractivity contribution in [3.8, 4) is 5.69 Å². The second-order valence-corrected chi connectivity index (χ2v) is 4.78. The Bertz CT molecular complexity index is 605. The first-order valence-electron chi connectivity index (χ1n) is 6.68. The highest BCUT2D eigenvalue weighted by atomic mass is 16.2. The number of amides is 2. The molecule has 0 bridgehead atoms. The SMILES string of the molecule is CC(=O)NC(C)C(=O)NCc1ccc(-n2ccnc2)cc1. The summed E-state index contributed by atoms with van der Waals surface area (Å²) in [5.41, 5.74) is 2.00. The Morgan fingerprint density at radius 1 is 1.29 bits per heavy atom. The third-order valence-electron chi connectivity index (χ3n) is 3.02. The predicted octanol–water partition coefficient (Wildman–Crippen LogP) is 1.01. The molecule has 1 aromatic heterocycles. The van der Waals surface area contributed by atoms with E-state index in [1.807, 2.05) is 35.0 Å². The van der Waals surface area contributed by atoms with Gasteiger partial charge in [-0.2, -0.15) is 0 Å². The van der Waals surface area contributed by atoms with Crippen molar-refractivity contribution in [3.05, 3.63) is 48.5 Å². The second kappa shape index (κ2) is 6.69. The maximum Gasteiger partial charge on any atom is 0.242 e. The molecule has 0 radical (unpaired) electrons. The van der Waals surface area contributed by atoms with Crippen molar-refractivity contribution in [1.29, 1.82) is 0 Å². The number of hydrogen-bond donors (Lipinski definition) is 2. The van der Waals surface area contributed by atoms with Crippen molar-refractivity contribution >= 4 is 11.8 Å². The molecule has 0 aliphatic carbocycles. The van der Waals surface area contributed by atoms with Crippen LogP contribution in [-0.2, 0) is 16.1 Å². The van der Waals surface area contributed by atoms with E-state index in [-0.39, 0.29) is 11.8 Å². The van der Waals surface area contributed by atoms with Crippen LogP contribution >= 0.6 is 0 Å². The van der Waals surface area contributed by atoms with Crippen LogP contribution in [0.5, 0.6) is 0 Å². The molecule has 0 saturated carbocycles. The van der Waals surface area contributed by atoms with Gasteiger partial charge in [0.25, 0.3) is 0 Å². The van der Waals surface area contributed by atoms with Gasteiger partial charge in [0.1, 0.15) is 6.04 Å². The Hall–Kier alpha value is -2.63. The van der Waals surface area contributed by atoms with E-state index in [0.29, 0.717) is 6.54 Å². The van der Waals surface area contributed by atoms with E-state index in [1.54, 1.807) is 19.4 Å². The van der Waals surface area contributed by atoms with Crippen LogP contribution in [-0.4, -0.2) is 27.4 Å². The van der Waals surface area contributed by atoms with Gasteiger partial charge in [-0.25, -0.2) is 4.98 Å². The van der Waals surface area contributed by atoms with Gasteiger partial charge in [0.15, 0.2) is 0 Å². The molecule has 110 valence electrons. The zero-order chi connectivity index (χ0) is 15.2. The Labute approximate surface area is 123 Å². The van der Waals surface area contributed by atoms with Crippen molar-refractivity contribution in [2.24, 2.45) is 0 Å². The maximum atomic E-state index is 11.8. The minimum absolute atomic E-state index is 0.205. The van der Waals surface area contributed by atoms with Gasteiger partial charge in [0.2, 0.25) is 11.8 Å². The molecule has 21 heavy (non-hydrogen) atoms. The van der Waals surface area contributed by atoms with Gasteiger partial charge < -0.3 is 15.2 Å². The van der Waals surface area contributed by atoms with Crippen molar-refractivity contribution in [1.82, 2.24) is 20.2 Å². The van der Waals surface area contributed by atoms with Crippen molar-refractivity contribution in [2.45, 2.75) is 26.4 Å². The van der Waals surface area contributed by atoms with E-state index in [0.717, 1.165) is 11.3 Å². The molecule has 1 unspecified atom stereocenters. The summed E-state index contributed by atoms with van der Waals surface area (Å²) in [6.45, 7) is 3.46. The first kappa shape index (κ1) is 14.8. The van der Waals surface area contributed by atoms with Gasteiger partial charge in [-0.3, -0.25) is 9.59 Å². The van der Waals surface area contributed by atoms with E-state index in [9.17, 15) is 9.59 Å². The van der Waals surface area contributed by atoms with Crippen molar-refractivity contribution in [3.63, 3.8) is 0 Å². The molecular weight excluding hydrogens is 268 g/mol. The van der Waals surface area contributed by atoms with Crippen LogP contribution in [0.2, 0.25) is 0 Å². The van der Waals surface area contributed by atoms with Gasteiger partial charge >= 0.3 is 0 Å². The maximum absolute atomic E-state index is 11.8. The number of nitrogens with zero attached hydrogens (tertiary/aromatic N) is 2. The number of nitrogens with one attached hydrogen (secondary N) is 2. The lowest BCUT2D eigenvalue weighted by Crippen LogP contribution is -2.43. The van der Waals surface area contributed by atoms with Crippen LogP contribution in [0.15, 0.2) is 43.0 Å². The number of aromatic nitrogens is 2. The Kier molecular flexibility index (Phi) is 4.71. The summed E-state index contributed by atoms with van der Waals surface area (Å²) in [6, 6.07) is 7.27. The van der Waals surface area contributed by atoms with Gasteiger partial charge in [0.05, 0.1) is 6.33 Å². The Morgan fingerprint density at radius 2 is 2.00 bits per heavy atom.